The Morgan fingerprint density at radius 2 is 1.48 bits per heavy atom. The number of carbonyl (C=O) groups excluding carboxylic acids is 2. The van der Waals surface area contributed by atoms with Crippen LogP contribution in [0.25, 0.3) is 0 Å². The maximum atomic E-state index is 13.6. The molecule has 170 valence electrons. The Morgan fingerprint density at radius 3 is 1.93 bits per heavy atom. The Hall–Kier alpha value is -1.31. The molecule has 0 spiro atoms. The topological polar surface area (TPSA) is 61.8 Å². The van der Waals surface area contributed by atoms with Crippen molar-refractivity contribution in [2.75, 3.05) is 13.2 Å². The van der Waals surface area contributed by atoms with Crippen LogP contribution < -0.4 is 0 Å². The van der Waals surface area contributed by atoms with E-state index >= 15 is 0 Å². The standard InChI is InChI=1S/C15H18F8O5S/c16-12(17,18)6-7-26-11(25)14(15(21,22)23,27-8-13(19,20)29)28-10(24)9-4-2-1-3-5-9/h9,29H,1-8H2. The van der Waals surface area contributed by atoms with Gasteiger partial charge in [0, 0.05) is 0 Å². The van der Waals surface area contributed by atoms with Gasteiger partial charge in [0.1, 0.15) is 13.2 Å². The van der Waals surface area contributed by atoms with E-state index in [1.54, 1.807) is 0 Å². The third-order valence-electron chi connectivity index (χ3n) is 3.89. The summed E-state index contributed by atoms with van der Waals surface area (Å²) in [6.45, 7) is -3.70. The summed E-state index contributed by atoms with van der Waals surface area (Å²) < 4.78 is 115. The number of esters is 2. The number of rotatable bonds is 8. The first kappa shape index (κ1) is 25.7. The molecule has 0 aliphatic heterocycles. The summed E-state index contributed by atoms with van der Waals surface area (Å²) in [5.41, 5.74) is 0. The molecule has 14 heteroatoms. The van der Waals surface area contributed by atoms with Crippen molar-refractivity contribution in [3.8, 4) is 0 Å². The highest BCUT2D eigenvalue weighted by Crippen LogP contribution is 2.39. The summed E-state index contributed by atoms with van der Waals surface area (Å²) in [7, 11) is 0. The summed E-state index contributed by atoms with van der Waals surface area (Å²) in [4.78, 5) is 24.1. The minimum atomic E-state index is -5.92. The maximum Gasteiger partial charge on any atom is 0.468 e. The van der Waals surface area contributed by atoms with Gasteiger partial charge in [-0.25, -0.2) is 4.79 Å². The Labute approximate surface area is 165 Å². The normalized spacial score (nSPS) is 18.8. The largest absolute Gasteiger partial charge is 0.468 e. The molecule has 0 aromatic rings. The maximum absolute atomic E-state index is 13.6. The van der Waals surface area contributed by atoms with E-state index in [2.05, 4.69) is 26.8 Å². The van der Waals surface area contributed by atoms with Crippen LogP contribution in [0.15, 0.2) is 0 Å². The zero-order valence-electron chi connectivity index (χ0n) is 14.7. The van der Waals surface area contributed by atoms with Gasteiger partial charge in [-0.1, -0.05) is 19.3 Å². The Balaban J connectivity index is 3.12. The molecule has 1 fully saturated rings. The molecular weight excluding hydrogens is 444 g/mol. The highest BCUT2D eigenvalue weighted by atomic mass is 32.1. The van der Waals surface area contributed by atoms with Gasteiger partial charge in [0.15, 0.2) is 0 Å². The molecule has 0 aromatic heterocycles. The lowest BCUT2D eigenvalue weighted by Gasteiger charge is -2.34. The van der Waals surface area contributed by atoms with Crippen LogP contribution in [0, 0.1) is 5.92 Å². The van der Waals surface area contributed by atoms with E-state index in [1.165, 1.54) is 0 Å². The van der Waals surface area contributed by atoms with Gasteiger partial charge in [-0.3, -0.25) is 4.79 Å². The van der Waals surface area contributed by atoms with Crippen molar-refractivity contribution in [2.45, 2.75) is 61.9 Å². The first-order valence-corrected chi connectivity index (χ1v) is 8.80. The van der Waals surface area contributed by atoms with Crippen molar-refractivity contribution in [1.82, 2.24) is 0 Å². The van der Waals surface area contributed by atoms with Crippen LogP contribution in [-0.2, 0) is 23.8 Å². The van der Waals surface area contributed by atoms with Crippen LogP contribution >= 0.6 is 12.6 Å². The molecule has 0 radical (unpaired) electrons. The molecule has 0 heterocycles. The summed E-state index contributed by atoms with van der Waals surface area (Å²) in [5.74, 6) is -9.87. The van der Waals surface area contributed by atoms with Crippen molar-refractivity contribution in [3.05, 3.63) is 0 Å². The van der Waals surface area contributed by atoms with Gasteiger partial charge in [-0.15, -0.1) is 12.6 Å². The SMILES string of the molecule is O=C(OC(OCC(F)(F)S)(C(=O)OCCC(F)(F)F)C(F)(F)F)C1CCCCC1. The fourth-order valence-corrected chi connectivity index (χ4v) is 2.56. The molecule has 1 rings (SSSR count). The van der Waals surface area contributed by atoms with Crippen molar-refractivity contribution >= 4 is 24.6 Å². The molecule has 29 heavy (non-hydrogen) atoms. The highest BCUT2D eigenvalue weighted by Gasteiger charge is 2.68. The molecule has 0 saturated heterocycles. The van der Waals surface area contributed by atoms with Crippen LogP contribution in [0.3, 0.4) is 0 Å². The summed E-state index contributed by atoms with van der Waals surface area (Å²) in [5, 5.41) is -4.18. The molecular formula is C15H18F8O5S. The second kappa shape index (κ2) is 9.67. The molecule has 1 aliphatic rings. The van der Waals surface area contributed by atoms with Gasteiger partial charge in [-0.2, -0.15) is 35.1 Å². The summed E-state index contributed by atoms with van der Waals surface area (Å²) in [6.07, 6.45) is -10.7. The van der Waals surface area contributed by atoms with E-state index in [0.29, 0.717) is 19.3 Å². The van der Waals surface area contributed by atoms with Crippen LogP contribution in [-0.4, -0.2) is 48.5 Å². The fraction of sp³-hybridized carbons (Fsp3) is 0.867. The highest BCUT2D eigenvalue weighted by molar-refractivity contribution is 7.81. The molecule has 0 bridgehead atoms. The number of hydrogen-bond acceptors (Lipinski definition) is 6. The molecule has 0 aromatic carbocycles. The second-order valence-corrected chi connectivity index (χ2v) is 6.98. The third-order valence-corrected chi connectivity index (χ3v) is 4.02. The third kappa shape index (κ3) is 8.15. The first-order chi connectivity index (χ1) is 13.1. The number of thiol groups is 1. The van der Waals surface area contributed by atoms with E-state index in [0.717, 1.165) is 0 Å². The van der Waals surface area contributed by atoms with Gasteiger partial charge in [0.05, 0.1) is 12.3 Å². The Kier molecular flexibility index (Phi) is 8.57. The minimum Gasteiger partial charge on any atom is -0.460 e. The lowest BCUT2D eigenvalue weighted by molar-refractivity contribution is -0.361. The van der Waals surface area contributed by atoms with Crippen LogP contribution in [0.1, 0.15) is 38.5 Å². The zero-order chi connectivity index (χ0) is 22.5. The van der Waals surface area contributed by atoms with E-state index in [9.17, 15) is 44.7 Å². The predicted octanol–water partition coefficient (Wildman–Crippen LogP) is 4.40. The average molecular weight is 462 g/mol. The number of halogens is 8. The lowest BCUT2D eigenvalue weighted by atomic mass is 9.89. The summed E-state index contributed by atoms with van der Waals surface area (Å²) >= 11 is 2.66. The summed E-state index contributed by atoms with van der Waals surface area (Å²) in [6, 6.07) is 0. The lowest BCUT2D eigenvalue weighted by Crippen LogP contribution is -2.59. The van der Waals surface area contributed by atoms with Crippen molar-refractivity contribution in [1.29, 1.82) is 0 Å². The Morgan fingerprint density at radius 1 is 0.931 bits per heavy atom. The van der Waals surface area contributed by atoms with Gasteiger partial charge >= 0.3 is 35.3 Å². The smallest absolute Gasteiger partial charge is 0.460 e. The van der Waals surface area contributed by atoms with Gasteiger partial charge in [0.25, 0.3) is 0 Å². The molecule has 0 N–H and O–H groups in total. The number of ether oxygens (including phenoxy) is 3. The van der Waals surface area contributed by atoms with Crippen molar-refractivity contribution < 1.29 is 58.9 Å². The second-order valence-electron chi connectivity index (χ2n) is 6.33. The zero-order valence-corrected chi connectivity index (χ0v) is 15.6. The molecule has 1 unspecified atom stereocenters. The van der Waals surface area contributed by atoms with Crippen molar-refractivity contribution in [3.63, 3.8) is 0 Å². The number of hydrogen-bond donors (Lipinski definition) is 1. The monoisotopic (exact) mass is 462 g/mol. The first-order valence-electron chi connectivity index (χ1n) is 8.35. The Bertz CT molecular complexity index is 569. The van der Waals surface area contributed by atoms with E-state index in [4.69, 9.17) is 0 Å². The quantitative estimate of drug-likeness (QED) is 0.251. The average Bonchev–Trinajstić information content (AvgIpc) is 2.56. The van der Waals surface area contributed by atoms with E-state index in [-0.39, 0.29) is 12.8 Å². The molecule has 1 atom stereocenters. The van der Waals surface area contributed by atoms with Gasteiger partial charge in [0.2, 0.25) is 0 Å². The van der Waals surface area contributed by atoms with E-state index in [1.807, 2.05) is 0 Å². The minimum absolute atomic E-state index is 0.124. The number of alkyl halides is 8. The molecule has 1 aliphatic carbocycles. The van der Waals surface area contributed by atoms with E-state index < -0.39 is 60.9 Å². The van der Waals surface area contributed by atoms with Crippen LogP contribution in [0.4, 0.5) is 35.1 Å². The molecule has 1 saturated carbocycles. The number of carbonyl (C=O) groups is 2. The molecule has 0 amide bonds. The van der Waals surface area contributed by atoms with Crippen LogP contribution in [0.2, 0.25) is 0 Å². The van der Waals surface area contributed by atoms with Crippen molar-refractivity contribution in [2.24, 2.45) is 5.92 Å². The predicted molar refractivity (Wildman–Crippen MR) is 83.0 cm³/mol. The van der Waals surface area contributed by atoms with Crippen LogP contribution in [0.5, 0.6) is 0 Å². The fourth-order valence-electron chi connectivity index (χ4n) is 2.49. The van der Waals surface area contributed by atoms with Gasteiger partial charge in [-0.05, 0) is 12.8 Å². The molecule has 5 nitrogen and oxygen atoms in total. The van der Waals surface area contributed by atoms with Gasteiger partial charge < -0.3 is 14.2 Å².